The lowest BCUT2D eigenvalue weighted by molar-refractivity contribution is -0.115. The van der Waals surface area contributed by atoms with Crippen LogP contribution in [0.1, 0.15) is 95.9 Å². The van der Waals surface area contributed by atoms with Gasteiger partial charge in [-0.1, -0.05) is 101 Å². The predicted octanol–water partition coefficient (Wildman–Crippen LogP) is 7.16. The summed E-state index contributed by atoms with van der Waals surface area (Å²) in [5.41, 5.74) is 15.0. The molecule has 0 spiro atoms. The van der Waals surface area contributed by atoms with Crippen LogP contribution in [0.4, 0.5) is 0 Å². The van der Waals surface area contributed by atoms with Gasteiger partial charge in [-0.15, -0.1) is 0 Å². The third kappa shape index (κ3) is 19.4. The van der Waals surface area contributed by atoms with Crippen LogP contribution in [0.25, 0.3) is 0 Å². The molecule has 80 heavy (non-hydrogen) atoms. The first-order chi connectivity index (χ1) is 38.7. The number of carbonyl (C=O) groups is 2. The summed E-state index contributed by atoms with van der Waals surface area (Å²) < 4.78 is 10.8. The van der Waals surface area contributed by atoms with Gasteiger partial charge in [0.1, 0.15) is 64.5 Å². The molecule has 20 nitrogen and oxygen atoms in total. The number of hydrogen-bond acceptors (Lipinski definition) is 18. The Balaban J connectivity index is 0.000000294. The van der Waals surface area contributed by atoms with E-state index in [1.165, 1.54) is 56.3 Å². The first-order valence-electron chi connectivity index (χ1n) is 27.0. The Hall–Kier alpha value is -7.44. The van der Waals surface area contributed by atoms with Crippen molar-refractivity contribution in [3.63, 3.8) is 0 Å². The van der Waals surface area contributed by atoms with E-state index >= 15 is 0 Å². The van der Waals surface area contributed by atoms with E-state index < -0.39 is 0 Å². The molecule has 2 aliphatic carbocycles. The van der Waals surface area contributed by atoms with Gasteiger partial charge in [0.25, 0.3) is 11.8 Å². The number of rotatable bonds is 23. The second kappa shape index (κ2) is 33.9. The highest BCUT2D eigenvalue weighted by atomic mass is 16.6. The Labute approximate surface area is 472 Å². The smallest absolute Gasteiger partial charge is 0.273 e. The number of aryl methyl sites for hydroxylation is 1. The van der Waals surface area contributed by atoms with Crippen LogP contribution < -0.4 is 10.6 Å². The Bertz CT molecular complexity index is 2800. The molecule has 0 bridgehead atoms. The Kier molecular flexibility index (Phi) is 26.8. The van der Waals surface area contributed by atoms with Gasteiger partial charge in [0.15, 0.2) is 11.4 Å². The van der Waals surface area contributed by atoms with E-state index in [1.807, 2.05) is 50.2 Å². The molecule has 20 heteroatoms. The van der Waals surface area contributed by atoms with Crippen LogP contribution in [-0.2, 0) is 54.5 Å². The summed E-state index contributed by atoms with van der Waals surface area (Å²) in [6.45, 7) is 21.2. The summed E-state index contributed by atoms with van der Waals surface area (Å²) in [6, 6.07) is 16.1. The lowest BCUT2D eigenvalue weighted by Crippen LogP contribution is -2.36. The molecule has 0 radical (unpaired) electrons. The fourth-order valence-electron chi connectivity index (χ4n) is 9.13. The lowest BCUT2D eigenvalue weighted by atomic mass is 9.85. The zero-order valence-corrected chi connectivity index (χ0v) is 49.0. The molecule has 2 aliphatic heterocycles. The molecule has 432 valence electrons. The topological polar surface area (TPSA) is 213 Å². The molecular weight excluding hydrogens is 1020 g/mol. The van der Waals surface area contributed by atoms with Crippen molar-refractivity contribution >= 4 is 46.1 Å². The zero-order chi connectivity index (χ0) is 57.8. The monoisotopic (exact) mass is 1100 g/mol. The molecule has 0 unspecified atom stereocenters. The van der Waals surface area contributed by atoms with Gasteiger partial charge in [-0.2, -0.15) is 0 Å². The van der Waals surface area contributed by atoms with Gasteiger partial charge in [-0.25, -0.2) is 0 Å². The van der Waals surface area contributed by atoms with Crippen LogP contribution >= 0.6 is 0 Å². The highest BCUT2D eigenvalue weighted by Gasteiger charge is 2.27. The minimum atomic E-state index is -0.315. The molecule has 2 fully saturated rings. The van der Waals surface area contributed by atoms with E-state index in [0.29, 0.717) is 48.5 Å². The summed E-state index contributed by atoms with van der Waals surface area (Å²) in [5.74, 6) is 5.83. The van der Waals surface area contributed by atoms with Gasteiger partial charge >= 0.3 is 0 Å². The number of oxime groups is 6. The number of allylic oxidation sites excluding steroid dienone is 4. The predicted molar refractivity (Wildman–Crippen MR) is 314 cm³/mol. The molecule has 4 aliphatic rings. The maximum Gasteiger partial charge on any atom is 0.273 e. The number of ether oxygens (including phenoxy) is 2. The fraction of sp³-hybridized carbons (Fsp3) is 0.500. The van der Waals surface area contributed by atoms with Crippen molar-refractivity contribution in [2.24, 2.45) is 30.9 Å². The number of hydrogen-bond donors (Lipinski definition) is 2. The van der Waals surface area contributed by atoms with Crippen LogP contribution in [0.3, 0.4) is 0 Å². The quantitative estimate of drug-likeness (QED) is 0.0491. The first kappa shape index (κ1) is 63.4. The number of morpholine rings is 2. The SMILES string of the molecule is CNC(=O)/C(=N/OC)C1=C(CO/N=C(C)/C(=N/OC)c2ccc(C#CCN3CCOCC3)cc2)CC(C)=C(C)C1.CNC(=O)/C(=N/OC)C1=C(CO/N=C(C)/C(=N/OC)c2ccc(CCCN3CCOCC3)cc2)CC(C)=C(C)C1. The minimum Gasteiger partial charge on any atom is -0.399 e. The molecule has 0 atom stereocenters. The van der Waals surface area contributed by atoms with Crippen molar-refractivity contribution < 1.29 is 48.1 Å². The van der Waals surface area contributed by atoms with Gasteiger partial charge in [0.2, 0.25) is 0 Å². The number of nitrogens with one attached hydrogen (secondary N) is 2. The van der Waals surface area contributed by atoms with Crippen molar-refractivity contribution in [3.05, 3.63) is 115 Å². The van der Waals surface area contributed by atoms with Crippen LogP contribution in [-0.4, -0.2) is 177 Å². The maximum absolute atomic E-state index is 12.5. The van der Waals surface area contributed by atoms with E-state index in [4.69, 9.17) is 38.5 Å². The van der Waals surface area contributed by atoms with Gasteiger partial charge in [0, 0.05) is 57.0 Å². The molecule has 0 saturated carbocycles. The molecule has 2 N–H and O–H groups in total. The van der Waals surface area contributed by atoms with Crippen molar-refractivity contribution in [2.45, 2.75) is 80.1 Å². The zero-order valence-electron chi connectivity index (χ0n) is 49.0. The molecule has 2 amide bonds. The van der Waals surface area contributed by atoms with E-state index in [1.54, 1.807) is 14.1 Å². The van der Waals surface area contributed by atoms with Crippen LogP contribution in [0.15, 0.2) is 124 Å². The molecule has 6 rings (SSSR count). The van der Waals surface area contributed by atoms with E-state index in [2.05, 4.69) is 103 Å². The van der Waals surface area contributed by atoms with E-state index in [-0.39, 0.29) is 36.5 Å². The number of nitrogens with zero attached hydrogens (tertiary/aromatic N) is 8. The molecule has 2 saturated heterocycles. The normalized spacial score (nSPS) is 17.5. The first-order valence-corrected chi connectivity index (χ1v) is 27.0. The summed E-state index contributed by atoms with van der Waals surface area (Å²) >= 11 is 0. The van der Waals surface area contributed by atoms with E-state index in [9.17, 15) is 9.59 Å². The van der Waals surface area contributed by atoms with Gasteiger partial charge in [-0.05, 0) is 127 Å². The number of amides is 2. The molecule has 0 aromatic heterocycles. The standard InChI is InChI=1S/C30H43N5O5.C30H39N5O5/c2*1-21-18-26(27(19-22(21)2)29(34-38-6)30(36)31-4)20-40-32-23(3)28(33-37-5)25-11-9-24(10-12-25)8-7-13-35-14-16-39-17-15-35/h9-12H,7-8,13-20H2,1-6H3,(H,31,36);9-12H,13-20H2,1-6H3,(H,31,36)/b2*32-23+,33-28-,34-29+. The van der Waals surface area contributed by atoms with E-state index in [0.717, 1.165) is 118 Å². The van der Waals surface area contributed by atoms with Gasteiger partial charge in [0.05, 0.1) is 33.0 Å². The van der Waals surface area contributed by atoms with Crippen LogP contribution in [0.5, 0.6) is 0 Å². The van der Waals surface area contributed by atoms with Crippen LogP contribution in [0, 0.1) is 11.8 Å². The highest BCUT2D eigenvalue weighted by molar-refractivity contribution is 6.48. The van der Waals surface area contributed by atoms with Crippen molar-refractivity contribution in [2.75, 3.05) is 121 Å². The highest BCUT2D eigenvalue weighted by Crippen LogP contribution is 2.32. The fourth-order valence-corrected chi connectivity index (χ4v) is 9.13. The van der Waals surface area contributed by atoms with Crippen molar-refractivity contribution in [1.82, 2.24) is 20.4 Å². The maximum atomic E-state index is 12.5. The Morgan fingerprint density at radius 1 is 0.550 bits per heavy atom. The molecule has 2 heterocycles. The van der Waals surface area contributed by atoms with Crippen molar-refractivity contribution in [3.8, 4) is 11.8 Å². The largest absolute Gasteiger partial charge is 0.399 e. The molecule has 2 aromatic carbocycles. The van der Waals surface area contributed by atoms with Gasteiger partial charge < -0.3 is 49.1 Å². The Morgan fingerprint density at radius 2 is 0.950 bits per heavy atom. The summed E-state index contributed by atoms with van der Waals surface area (Å²) in [4.78, 5) is 61.5. The average molecular weight is 1100 g/mol. The number of carbonyl (C=O) groups excluding carboxylic acids is 2. The summed E-state index contributed by atoms with van der Waals surface area (Å²) in [5, 5.41) is 30.3. The van der Waals surface area contributed by atoms with Gasteiger partial charge in [-0.3, -0.25) is 19.4 Å². The lowest BCUT2D eigenvalue weighted by Gasteiger charge is -2.26. The van der Waals surface area contributed by atoms with Crippen molar-refractivity contribution in [1.29, 1.82) is 0 Å². The second-order valence-corrected chi connectivity index (χ2v) is 19.6. The number of benzene rings is 2. The summed E-state index contributed by atoms with van der Waals surface area (Å²) in [6.07, 6.45) is 4.62. The average Bonchev–Trinajstić information content (AvgIpc) is 3.48. The Morgan fingerprint density at radius 3 is 1.38 bits per heavy atom. The molecular formula is C60H82N10O10. The third-order valence-corrected chi connectivity index (χ3v) is 14.0. The molecule has 2 aromatic rings. The third-order valence-electron chi connectivity index (χ3n) is 14.0. The van der Waals surface area contributed by atoms with Crippen LogP contribution in [0.2, 0.25) is 0 Å². The minimum absolute atomic E-state index is 0.189. The summed E-state index contributed by atoms with van der Waals surface area (Å²) in [7, 11) is 9.00. The second-order valence-electron chi connectivity index (χ2n) is 19.6.